The van der Waals surface area contributed by atoms with E-state index < -0.39 is 5.54 Å². The number of nitrogens with zero attached hydrogens (tertiary/aromatic N) is 2. The number of hydrogen-bond acceptors (Lipinski definition) is 5. The summed E-state index contributed by atoms with van der Waals surface area (Å²) in [4.78, 5) is 12.2. The number of fused-ring (bicyclic) bond motifs is 1. The summed E-state index contributed by atoms with van der Waals surface area (Å²) < 4.78 is 5.23. The lowest BCUT2D eigenvalue weighted by atomic mass is 9.90. The van der Waals surface area contributed by atoms with Crippen molar-refractivity contribution in [2.45, 2.75) is 18.4 Å². The van der Waals surface area contributed by atoms with E-state index in [1.165, 1.54) is 0 Å². The van der Waals surface area contributed by atoms with Crippen LogP contribution in [-0.2, 0) is 9.53 Å². The molecule has 0 aliphatic carbocycles. The van der Waals surface area contributed by atoms with Crippen molar-refractivity contribution in [1.29, 1.82) is 0 Å². The molecule has 100 valence electrons. The molecule has 4 N–H and O–H groups in total. The molecule has 2 aromatic rings. The second-order valence-corrected chi connectivity index (χ2v) is 4.75. The van der Waals surface area contributed by atoms with Crippen LogP contribution >= 0.6 is 0 Å². The lowest BCUT2D eigenvalue weighted by molar-refractivity contribution is -0.124. The van der Waals surface area contributed by atoms with Crippen LogP contribution in [0.1, 0.15) is 12.8 Å². The Kier molecular flexibility index (Phi) is 2.92. The highest BCUT2D eigenvalue weighted by molar-refractivity contribution is 5.99. The zero-order chi connectivity index (χ0) is 13.3. The van der Waals surface area contributed by atoms with Crippen molar-refractivity contribution in [3.05, 3.63) is 18.2 Å². The van der Waals surface area contributed by atoms with Crippen molar-refractivity contribution in [3.8, 4) is 0 Å². The Labute approximate surface area is 109 Å². The molecule has 0 atom stereocenters. The molecule has 7 heteroatoms. The zero-order valence-corrected chi connectivity index (χ0v) is 10.3. The predicted molar refractivity (Wildman–Crippen MR) is 69.5 cm³/mol. The average Bonchev–Trinajstić information content (AvgIpc) is 2.87. The van der Waals surface area contributed by atoms with E-state index in [-0.39, 0.29) is 5.91 Å². The number of anilines is 1. The molecule has 2 heterocycles. The Bertz CT molecular complexity index is 603. The minimum atomic E-state index is -0.850. The summed E-state index contributed by atoms with van der Waals surface area (Å²) in [6, 6.07) is 5.34. The van der Waals surface area contributed by atoms with Crippen LogP contribution in [0.4, 0.5) is 5.69 Å². The molecule has 0 saturated carbocycles. The first-order valence-electron chi connectivity index (χ1n) is 6.16. The molecule has 7 nitrogen and oxygen atoms in total. The maximum atomic E-state index is 12.2. The Morgan fingerprint density at radius 3 is 2.84 bits per heavy atom. The summed E-state index contributed by atoms with van der Waals surface area (Å²) in [7, 11) is 0. The number of aromatic nitrogens is 3. The molecule has 1 aromatic carbocycles. The molecular formula is C12H15N5O2. The van der Waals surface area contributed by atoms with Gasteiger partial charge in [-0.2, -0.15) is 15.4 Å². The van der Waals surface area contributed by atoms with E-state index in [2.05, 4.69) is 20.7 Å². The van der Waals surface area contributed by atoms with Crippen LogP contribution in [0.5, 0.6) is 0 Å². The van der Waals surface area contributed by atoms with Crippen molar-refractivity contribution in [1.82, 2.24) is 15.4 Å². The molecule has 3 rings (SSSR count). The Morgan fingerprint density at radius 2 is 2.05 bits per heavy atom. The van der Waals surface area contributed by atoms with Crippen LogP contribution in [0.2, 0.25) is 0 Å². The smallest absolute Gasteiger partial charge is 0.244 e. The average molecular weight is 261 g/mol. The number of nitrogens with two attached hydrogens (primary N) is 1. The maximum Gasteiger partial charge on any atom is 0.244 e. The van der Waals surface area contributed by atoms with E-state index in [1.807, 2.05) is 0 Å². The Morgan fingerprint density at radius 1 is 1.32 bits per heavy atom. The molecule has 1 aliphatic heterocycles. The third-order valence-electron chi connectivity index (χ3n) is 3.41. The fourth-order valence-corrected chi connectivity index (χ4v) is 2.14. The summed E-state index contributed by atoms with van der Waals surface area (Å²) in [5, 5.41) is 13.3. The number of benzene rings is 1. The fraction of sp³-hybridized carbons (Fsp3) is 0.417. The second-order valence-electron chi connectivity index (χ2n) is 4.75. The van der Waals surface area contributed by atoms with Crippen molar-refractivity contribution < 1.29 is 9.53 Å². The Balaban J connectivity index is 1.78. The highest BCUT2D eigenvalue weighted by Crippen LogP contribution is 2.21. The van der Waals surface area contributed by atoms with E-state index in [4.69, 9.17) is 10.5 Å². The number of carbonyl (C=O) groups is 1. The summed E-state index contributed by atoms with van der Waals surface area (Å²) >= 11 is 0. The van der Waals surface area contributed by atoms with Crippen molar-refractivity contribution >= 4 is 22.6 Å². The molecule has 0 bridgehead atoms. The van der Waals surface area contributed by atoms with Crippen LogP contribution < -0.4 is 11.1 Å². The van der Waals surface area contributed by atoms with Gasteiger partial charge in [0.15, 0.2) is 0 Å². The zero-order valence-electron chi connectivity index (χ0n) is 10.3. The summed E-state index contributed by atoms with van der Waals surface area (Å²) in [6.07, 6.45) is 1.07. The minimum Gasteiger partial charge on any atom is -0.381 e. The van der Waals surface area contributed by atoms with Crippen LogP contribution in [0.3, 0.4) is 0 Å². The van der Waals surface area contributed by atoms with Gasteiger partial charge in [-0.05, 0) is 31.0 Å². The molecule has 1 amide bonds. The van der Waals surface area contributed by atoms with Gasteiger partial charge in [0.25, 0.3) is 0 Å². The number of ether oxygens (including phenoxy) is 1. The van der Waals surface area contributed by atoms with Gasteiger partial charge in [0.05, 0.1) is 0 Å². The van der Waals surface area contributed by atoms with Gasteiger partial charge in [-0.25, -0.2) is 0 Å². The SMILES string of the molecule is NC1(C(=O)Nc2ccc3n[nH]nc3c2)CCOCC1. The third kappa shape index (κ3) is 2.29. The monoisotopic (exact) mass is 261 g/mol. The van der Waals surface area contributed by atoms with Gasteiger partial charge < -0.3 is 15.8 Å². The quantitative estimate of drug-likeness (QED) is 0.725. The number of rotatable bonds is 2. The van der Waals surface area contributed by atoms with Gasteiger partial charge in [0.1, 0.15) is 16.6 Å². The maximum absolute atomic E-state index is 12.2. The molecule has 19 heavy (non-hydrogen) atoms. The van der Waals surface area contributed by atoms with E-state index >= 15 is 0 Å². The van der Waals surface area contributed by atoms with Gasteiger partial charge in [0, 0.05) is 18.9 Å². The molecule has 1 saturated heterocycles. The van der Waals surface area contributed by atoms with Gasteiger partial charge in [-0.1, -0.05) is 0 Å². The lowest BCUT2D eigenvalue weighted by Crippen LogP contribution is -2.54. The normalized spacial score (nSPS) is 18.4. The fourth-order valence-electron chi connectivity index (χ4n) is 2.14. The van der Waals surface area contributed by atoms with Crippen LogP contribution in [0.15, 0.2) is 18.2 Å². The first-order chi connectivity index (χ1) is 9.17. The number of hydrogen-bond donors (Lipinski definition) is 3. The third-order valence-corrected chi connectivity index (χ3v) is 3.41. The van der Waals surface area contributed by atoms with Gasteiger partial charge in [0.2, 0.25) is 5.91 Å². The first-order valence-corrected chi connectivity index (χ1v) is 6.16. The van der Waals surface area contributed by atoms with Crippen molar-refractivity contribution in [2.75, 3.05) is 18.5 Å². The highest BCUT2D eigenvalue weighted by atomic mass is 16.5. The number of H-pyrrole nitrogens is 1. The van der Waals surface area contributed by atoms with E-state index in [0.29, 0.717) is 37.3 Å². The molecule has 0 radical (unpaired) electrons. The molecular weight excluding hydrogens is 246 g/mol. The van der Waals surface area contributed by atoms with Gasteiger partial charge >= 0.3 is 0 Å². The first kappa shape index (κ1) is 12.1. The summed E-state index contributed by atoms with van der Waals surface area (Å²) in [5.74, 6) is -0.182. The number of nitrogens with one attached hydrogen (secondary N) is 2. The number of carbonyl (C=O) groups excluding carboxylic acids is 1. The largest absolute Gasteiger partial charge is 0.381 e. The van der Waals surface area contributed by atoms with Crippen LogP contribution in [0, 0.1) is 0 Å². The van der Waals surface area contributed by atoms with E-state index in [9.17, 15) is 4.79 Å². The molecule has 1 aliphatic rings. The molecule has 1 fully saturated rings. The lowest BCUT2D eigenvalue weighted by Gasteiger charge is -2.31. The number of amides is 1. The van der Waals surface area contributed by atoms with Crippen molar-refractivity contribution in [3.63, 3.8) is 0 Å². The van der Waals surface area contributed by atoms with Gasteiger partial charge in [-0.3, -0.25) is 4.79 Å². The summed E-state index contributed by atoms with van der Waals surface area (Å²) in [6.45, 7) is 1.04. The van der Waals surface area contributed by atoms with Crippen LogP contribution in [0.25, 0.3) is 11.0 Å². The summed E-state index contributed by atoms with van der Waals surface area (Å²) in [5.41, 5.74) is 7.40. The molecule has 0 spiro atoms. The van der Waals surface area contributed by atoms with E-state index in [0.717, 1.165) is 5.52 Å². The van der Waals surface area contributed by atoms with Crippen molar-refractivity contribution in [2.24, 2.45) is 5.73 Å². The topological polar surface area (TPSA) is 106 Å². The van der Waals surface area contributed by atoms with Gasteiger partial charge in [-0.15, -0.1) is 0 Å². The second kappa shape index (κ2) is 4.60. The van der Waals surface area contributed by atoms with Crippen LogP contribution in [-0.4, -0.2) is 40.1 Å². The molecule has 1 aromatic heterocycles. The predicted octanol–water partition coefficient (Wildman–Crippen LogP) is 0.404. The standard InChI is InChI=1S/C12H15N5O2/c13-12(3-5-19-6-4-12)11(18)14-8-1-2-9-10(7-8)16-17-15-9/h1-2,7H,3-6,13H2,(H,14,18)(H,15,16,17). The Hall–Kier alpha value is -1.99. The highest BCUT2D eigenvalue weighted by Gasteiger charge is 2.35. The van der Waals surface area contributed by atoms with E-state index in [1.54, 1.807) is 18.2 Å². The minimum absolute atomic E-state index is 0.182. The number of aromatic amines is 1. The molecule has 0 unspecified atom stereocenters.